The number of fused-ring (bicyclic) bond motifs is 1. The number of methoxy groups -OCH3 is 2. The second kappa shape index (κ2) is 14.2. The quantitative estimate of drug-likeness (QED) is 0.0872. The molecule has 5 aromatic rings. The van der Waals surface area contributed by atoms with Gasteiger partial charge >= 0.3 is 17.6 Å². The van der Waals surface area contributed by atoms with Gasteiger partial charge in [-0.3, -0.25) is 24.3 Å². The molecule has 0 bridgehead atoms. The number of ether oxygens (including phenoxy) is 4. The first-order valence-electron chi connectivity index (χ1n) is 15.6. The second-order valence-corrected chi connectivity index (χ2v) is 12.2. The van der Waals surface area contributed by atoms with Gasteiger partial charge in [-0.15, -0.1) is 0 Å². The number of nitro groups is 1. The summed E-state index contributed by atoms with van der Waals surface area (Å²) < 4.78 is 24.6. The van der Waals surface area contributed by atoms with Crippen LogP contribution in [-0.2, 0) is 14.3 Å². The molecule has 51 heavy (non-hydrogen) atoms. The van der Waals surface area contributed by atoms with E-state index in [1.54, 1.807) is 49.0 Å². The predicted octanol–water partition coefficient (Wildman–Crippen LogP) is 4.50. The first kappa shape index (κ1) is 34.5. The lowest BCUT2D eigenvalue weighted by Gasteiger charge is -2.25. The van der Waals surface area contributed by atoms with Gasteiger partial charge in [-0.25, -0.2) is 14.5 Å². The highest BCUT2D eigenvalue weighted by molar-refractivity contribution is 7.07. The van der Waals surface area contributed by atoms with E-state index in [4.69, 9.17) is 24.0 Å². The summed E-state index contributed by atoms with van der Waals surface area (Å²) in [6.45, 7) is 4.90. The number of para-hydroxylation sites is 1. The Balaban J connectivity index is 1.57. The fourth-order valence-corrected chi connectivity index (χ4v) is 6.80. The van der Waals surface area contributed by atoms with Crippen LogP contribution in [-0.4, -0.2) is 52.0 Å². The van der Waals surface area contributed by atoms with Crippen molar-refractivity contribution in [2.45, 2.75) is 26.8 Å². The van der Waals surface area contributed by atoms with Gasteiger partial charge in [-0.1, -0.05) is 35.6 Å². The summed E-state index contributed by atoms with van der Waals surface area (Å²) in [6, 6.07) is 17.6. The lowest BCUT2D eigenvalue weighted by atomic mass is 9.95. The Hall–Kier alpha value is -6.35. The number of nitrogens with zero attached hydrogens (tertiary/aromatic N) is 5. The highest BCUT2D eigenvalue weighted by atomic mass is 32.1. The van der Waals surface area contributed by atoms with E-state index < -0.39 is 28.5 Å². The third kappa shape index (κ3) is 6.66. The predicted molar refractivity (Wildman–Crippen MR) is 187 cm³/mol. The average molecular weight is 710 g/mol. The van der Waals surface area contributed by atoms with E-state index in [1.165, 1.54) is 43.9 Å². The molecule has 1 aliphatic rings. The maximum Gasteiger partial charge on any atom is 0.338 e. The minimum atomic E-state index is -0.976. The summed E-state index contributed by atoms with van der Waals surface area (Å²) >= 11 is 1.10. The zero-order valence-electron chi connectivity index (χ0n) is 28.1. The molecular weight excluding hydrogens is 678 g/mol. The molecule has 0 fully saturated rings. The molecule has 0 amide bonds. The lowest BCUT2D eigenvalue weighted by molar-refractivity contribution is -0.385. The van der Waals surface area contributed by atoms with Crippen molar-refractivity contribution >= 4 is 35.0 Å². The number of carbonyl (C=O) groups is 2. The number of hydrogen-bond acceptors (Lipinski definition) is 12. The van der Waals surface area contributed by atoms with Crippen LogP contribution in [0.1, 0.15) is 37.9 Å². The second-order valence-electron chi connectivity index (χ2n) is 11.2. The van der Waals surface area contributed by atoms with E-state index in [1.807, 2.05) is 30.3 Å². The number of rotatable bonds is 10. The molecule has 3 aromatic carbocycles. The average Bonchev–Trinajstić information content (AvgIpc) is 3.68. The highest BCUT2D eigenvalue weighted by Gasteiger charge is 2.34. The normalized spacial score (nSPS) is 14.1. The van der Waals surface area contributed by atoms with Gasteiger partial charge in [0.15, 0.2) is 22.0 Å². The minimum Gasteiger partial charge on any atom is -0.493 e. The molecule has 1 atom stereocenters. The number of benzene rings is 3. The molecule has 1 aliphatic heterocycles. The van der Waals surface area contributed by atoms with Crippen molar-refractivity contribution in [3.8, 4) is 34.2 Å². The van der Waals surface area contributed by atoms with E-state index in [2.05, 4.69) is 4.99 Å². The van der Waals surface area contributed by atoms with Gasteiger partial charge < -0.3 is 18.9 Å². The van der Waals surface area contributed by atoms with Gasteiger partial charge in [0.2, 0.25) is 0 Å². The fourth-order valence-electron chi connectivity index (χ4n) is 5.76. The van der Waals surface area contributed by atoms with Crippen LogP contribution >= 0.6 is 11.3 Å². The molecule has 14 nitrogen and oxygen atoms in total. The van der Waals surface area contributed by atoms with Gasteiger partial charge in [0.25, 0.3) is 5.56 Å². The maximum absolute atomic E-state index is 14.4. The molecule has 6 rings (SSSR count). The summed E-state index contributed by atoms with van der Waals surface area (Å²) in [5, 5.41) is 16.8. The van der Waals surface area contributed by atoms with Gasteiger partial charge in [0.05, 0.1) is 53.3 Å². The van der Waals surface area contributed by atoms with Crippen molar-refractivity contribution in [1.29, 1.82) is 0 Å². The highest BCUT2D eigenvalue weighted by Crippen LogP contribution is 2.37. The number of esters is 2. The van der Waals surface area contributed by atoms with Crippen molar-refractivity contribution in [3.63, 3.8) is 0 Å². The maximum atomic E-state index is 14.4. The van der Waals surface area contributed by atoms with E-state index >= 15 is 0 Å². The largest absolute Gasteiger partial charge is 0.493 e. The Bertz CT molecular complexity index is 2410. The topological polar surface area (TPSA) is 166 Å². The monoisotopic (exact) mass is 709 g/mol. The van der Waals surface area contributed by atoms with E-state index in [-0.39, 0.29) is 39.6 Å². The first-order valence-corrected chi connectivity index (χ1v) is 16.4. The van der Waals surface area contributed by atoms with Crippen LogP contribution in [0, 0.1) is 10.1 Å². The summed E-state index contributed by atoms with van der Waals surface area (Å²) in [5.74, 6) is -0.722. The third-order valence-corrected chi connectivity index (χ3v) is 8.95. The Labute approximate surface area is 294 Å². The van der Waals surface area contributed by atoms with Gasteiger partial charge in [0.1, 0.15) is 5.69 Å². The molecular formula is C36H31N5O9S. The molecule has 0 aliphatic carbocycles. The molecule has 0 N–H and O–H groups in total. The van der Waals surface area contributed by atoms with Gasteiger partial charge in [-0.2, -0.15) is 5.10 Å². The van der Waals surface area contributed by atoms with Crippen LogP contribution in [0.3, 0.4) is 0 Å². The zero-order valence-corrected chi connectivity index (χ0v) is 28.9. The summed E-state index contributed by atoms with van der Waals surface area (Å²) in [5.41, 5.74) is 2.31. The fraction of sp³-hybridized carbons (Fsp3) is 0.194. The molecule has 3 heterocycles. The Morgan fingerprint density at radius 1 is 1.04 bits per heavy atom. The summed E-state index contributed by atoms with van der Waals surface area (Å²) in [4.78, 5) is 55.7. The van der Waals surface area contributed by atoms with Crippen LogP contribution in [0.25, 0.3) is 23.0 Å². The van der Waals surface area contributed by atoms with Crippen LogP contribution in [0.4, 0.5) is 5.69 Å². The van der Waals surface area contributed by atoms with Crippen molar-refractivity contribution in [2.75, 3.05) is 20.8 Å². The molecule has 260 valence electrons. The molecule has 0 spiro atoms. The van der Waals surface area contributed by atoms with E-state index in [0.717, 1.165) is 17.0 Å². The van der Waals surface area contributed by atoms with Crippen molar-refractivity contribution in [1.82, 2.24) is 14.3 Å². The summed E-state index contributed by atoms with van der Waals surface area (Å²) in [6.07, 6.45) is 3.37. The van der Waals surface area contributed by atoms with Crippen LogP contribution in [0.15, 0.2) is 94.0 Å². The number of aromatic nitrogens is 3. The van der Waals surface area contributed by atoms with Crippen molar-refractivity contribution < 1.29 is 33.5 Å². The van der Waals surface area contributed by atoms with Crippen LogP contribution in [0.5, 0.6) is 17.2 Å². The van der Waals surface area contributed by atoms with Crippen LogP contribution in [0.2, 0.25) is 0 Å². The first-order chi connectivity index (χ1) is 24.5. The smallest absolute Gasteiger partial charge is 0.338 e. The van der Waals surface area contributed by atoms with Crippen molar-refractivity contribution in [2.24, 2.45) is 4.99 Å². The third-order valence-electron chi connectivity index (χ3n) is 7.96. The molecule has 0 unspecified atom stereocenters. The molecule has 0 saturated heterocycles. The van der Waals surface area contributed by atoms with Gasteiger partial charge in [0, 0.05) is 30.3 Å². The van der Waals surface area contributed by atoms with Crippen molar-refractivity contribution in [3.05, 3.63) is 125 Å². The number of thiazole rings is 1. The lowest BCUT2D eigenvalue weighted by Crippen LogP contribution is -2.39. The standard InChI is InChI=1S/C36H31N5O9S/c1-6-49-27-14-12-22(16-26(27)41(45)46)32-24(19-39(38-32)25-10-8-7-9-11-25)18-30-34(43)40-33(31(35(44)48-5)20(2)37-36(40)51-30)23-13-15-28(50-21(3)42)29(17-23)47-4/h7-19,33H,6H2,1-5H3/b30-18+/t33-/m1/s1. The van der Waals surface area contributed by atoms with Gasteiger partial charge in [-0.05, 0) is 61.9 Å². The van der Waals surface area contributed by atoms with Crippen LogP contribution < -0.4 is 29.1 Å². The summed E-state index contributed by atoms with van der Waals surface area (Å²) in [7, 11) is 2.65. The SMILES string of the molecule is CCOc1ccc(-c2nn(-c3ccccc3)cc2/C=c2/sc3n(c2=O)[C@H](c2ccc(OC(C)=O)c(OC)c2)C(C(=O)OC)=C(C)N=3)cc1[N+](=O)[O-]. The molecule has 2 aromatic heterocycles. The van der Waals surface area contributed by atoms with E-state index in [0.29, 0.717) is 32.9 Å². The molecule has 15 heteroatoms. The Morgan fingerprint density at radius 2 is 1.78 bits per heavy atom. The Morgan fingerprint density at radius 3 is 2.45 bits per heavy atom. The Kier molecular flexibility index (Phi) is 9.64. The zero-order chi connectivity index (χ0) is 36.4. The molecule has 0 saturated carbocycles. The van der Waals surface area contributed by atoms with E-state index in [9.17, 15) is 24.5 Å². The minimum absolute atomic E-state index is 0.123. The number of hydrogen-bond donors (Lipinski definition) is 0. The molecule has 0 radical (unpaired) electrons. The number of carbonyl (C=O) groups excluding carboxylic acids is 2. The number of allylic oxidation sites excluding steroid dienone is 1. The number of nitro benzene ring substituents is 1.